The van der Waals surface area contributed by atoms with E-state index < -0.39 is 0 Å². The molecule has 0 aliphatic carbocycles. The minimum Gasteiger partial charge on any atom is -0.468 e. The van der Waals surface area contributed by atoms with Crippen molar-refractivity contribution in [3.05, 3.63) is 0 Å². The van der Waals surface area contributed by atoms with Gasteiger partial charge >= 0.3 is 0 Å². The predicted molar refractivity (Wildman–Crippen MR) is 42.3 cm³/mol. The number of carbonyl (C=O) groups excluding carboxylic acids is 1. The minimum atomic E-state index is 0.311. The number of carbonyl (C=O) groups is 1. The Kier molecular flexibility index (Phi) is 7.15. The smallest absolute Gasteiger partial charge is 0.293 e. The van der Waals surface area contributed by atoms with E-state index >= 15 is 0 Å². The topological polar surface area (TPSA) is 35.5 Å². The second-order valence-electron chi connectivity index (χ2n) is 2.41. The monoisotopic (exact) mass is 160 g/mol. The van der Waals surface area contributed by atoms with Crippen LogP contribution in [0.25, 0.3) is 0 Å². The Morgan fingerprint density at radius 3 is 2.73 bits per heavy atom. The minimum absolute atomic E-state index is 0.311. The van der Waals surface area contributed by atoms with Gasteiger partial charge in [-0.25, -0.2) is 0 Å². The van der Waals surface area contributed by atoms with Crippen molar-refractivity contribution < 1.29 is 14.3 Å². The molecule has 0 aromatic carbocycles. The zero-order valence-electron chi connectivity index (χ0n) is 7.21. The average molecular weight is 160 g/mol. The molecule has 1 unspecified atom stereocenters. The summed E-state index contributed by atoms with van der Waals surface area (Å²) in [6.45, 7) is 5.69. The molecule has 0 amide bonds. The van der Waals surface area contributed by atoms with Crippen molar-refractivity contribution in [2.75, 3.05) is 13.2 Å². The molecule has 0 saturated heterocycles. The molecule has 0 heterocycles. The second-order valence-corrected chi connectivity index (χ2v) is 2.41. The van der Waals surface area contributed by atoms with Crippen LogP contribution in [0.2, 0.25) is 0 Å². The summed E-state index contributed by atoms with van der Waals surface area (Å²) in [4.78, 5) is 9.70. The van der Waals surface area contributed by atoms with Crippen LogP contribution in [-0.2, 0) is 14.3 Å². The van der Waals surface area contributed by atoms with Crippen molar-refractivity contribution in [1.29, 1.82) is 0 Å². The van der Waals surface area contributed by atoms with Gasteiger partial charge in [0.1, 0.15) is 0 Å². The number of hydrogen-bond donors (Lipinski definition) is 0. The van der Waals surface area contributed by atoms with Crippen LogP contribution in [-0.4, -0.2) is 25.8 Å². The Labute approximate surface area is 67.7 Å². The first-order valence-corrected chi connectivity index (χ1v) is 3.98. The second kappa shape index (κ2) is 7.54. The highest BCUT2D eigenvalue weighted by molar-refractivity contribution is 5.36. The van der Waals surface area contributed by atoms with Gasteiger partial charge in [-0.1, -0.05) is 6.92 Å². The largest absolute Gasteiger partial charge is 0.468 e. The van der Waals surface area contributed by atoms with E-state index in [1.54, 1.807) is 0 Å². The molecule has 3 nitrogen and oxygen atoms in total. The highest BCUT2D eigenvalue weighted by atomic mass is 16.5. The summed E-state index contributed by atoms with van der Waals surface area (Å²) in [5, 5.41) is 0. The molecule has 0 rings (SSSR count). The summed E-state index contributed by atoms with van der Waals surface area (Å²) < 4.78 is 9.83. The summed E-state index contributed by atoms with van der Waals surface area (Å²) in [6, 6.07) is 0. The van der Waals surface area contributed by atoms with E-state index in [9.17, 15) is 4.79 Å². The zero-order valence-corrected chi connectivity index (χ0v) is 7.21. The summed E-state index contributed by atoms with van der Waals surface area (Å²) in [5.74, 6) is 0. The molecular weight excluding hydrogens is 144 g/mol. The molecule has 3 heteroatoms. The van der Waals surface area contributed by atoms with Gasteiger partial charge in [0.2, 0.25) is 0 Å². The Bertz CT molecular complexity index is 93.3. The van der Waals surface area contributed by atoms with E-state index in [1.165, 1.54) is 0 Å². The fourth-order valence-electron chi connectivity index (χ4n) is 0.593. The van der Waals surface area contributed by atoms with Crippen molar-refractivity contribution in [2.24, 2.45) is 0 Å². The standard InChI is InChI=1S/C8H16O3/c1-3-8(2)11-6-4-5-10-7-9/h7-8H,3-6H2,1-2H3. The van der Waals surface area contributed by atoms with Crippen LogP contribution in [0.5, 0.6) is 0 Å². The van der Waals surface area contributed by atoms with Crippen molar-refractivity contribution in [3.8, 4) is 0 Å². The van der Waals surface area contributed by atoms with Crippen molar-refractivity contribution in [3.63, 3.8) is 0 Å². The third kappa shape index (κ3) is 7.33. The normalized spacial score (nSPS) is 12.5. The van der Waals surface area contributed by atoms with Crippen LogP contribution in [0.3, 0.4) is 0 Å². The molecule has 0 spiro atoms. The van der Waals surface area contributed by atoms with E-state index in [2.05, 4.69) is 11.7 Å². The maximum atomic E-state index is 9.70. The lowest BCUT2D eigenvalue weighted by Gasteiger charge is -2.09. The van der Waals surface area contributed by atoms with E-state index in [0.29, 0.717) is 25.8 Å². The van der Waals surface area contributed by atoms with Crippen LogP contribution in [0.4, 0.5) is 0 Å². The summed E-state index contributed by atoms with van der Waals surface area (Å²) >= 11 is 0. The molecule has 0 saturated carbocycles. The zero-order chi connectivity index (χ0) is 8.53. The van der Waals surface area contributed by atoms with E-state index in [1.807, 2.05) is 6.92 Å². The third-order valence-corrected chi connectivity index (χ3v) is 1.45. The lowest BCUT2D eigenvalue weighted by atomic mass is 10.3. The molecule has 0 fully saturated rings. The molecule has 0 aromatic rings. The Morgan fingerprint density at radius 1 is 1.45 bits per heavy atom. The van der Waals surface area contributed by atoms with Crippen LogP contribution in [0.1, 0.15) is 26.7 Å². The summed E-state index contributed by atoms with van der Waals surface area (Å²) in [7, 11) is 0. The molecule has 0 bridgehead atoms. The Morgan fingerprint density at radius 2 is 2.18 bits per heavy atom. The van der Waals surface area contributed by atoms with Crippen LogP contribution >= 0.6 is 0 Å². The van der Waals surface area contributed by atoms with E-state index in [-0.39, 0.29) is 0 Å². The highest BCUT2D eigenvalue weighted by Crippen LogP contribution is 1.96. The molecule has 0 N–H and O–H groups in total. The SMILES string of the molecule is CCC(C)OCCCOC=O. The fourth-order valence-corrected chi connectivity index (χ4v) is 0.593. The van der Waals surface area contributed by atoms with Crippen LogP contribution < -0.4 is 0 Å². The summed E-state index contributed by atoms with van der Waals surface area (Å²) in [6.07, 6.45) is 2.11. The molecule has 0 aliphatic rings. The Balaban J connectivity index is 2.95. The highest BCUT2D eigenvalue weighted by Gasteiger charge is 1.96. The molecular formula is C8H16O3. The number of ether oxygens (including phenoxy) is 2. The van der Waals surface area contributed by atoms with Gasteiger partial charge in [-0.2, -0.15) is 0 Å². The first-order valence-electron chi connectivity index (χ1n) is 3.98. The maximum Gasteiger partial charge on any atom is 0.293 e. The predicted octanol–water partition coefficient (Wildman–Crippen LogP) is 1.36. The van der Waals surface area contributed by atoms with Gasteiger partial charge in [0.05, 0.1) is 19.3 Å². The lowest BCUT2D eigenvalue weighted by Crippen LogP contribution is -2.09. The molecule has 0 radical (unpaired) electrons. The van der Waals surface area contributed by atoms with E-state index in [0.717, 1.165) is 12.8 Å². The van der Waals surface area contributed by atoms with Gasteiger partial charge in [0.25, 0.3) is 6.47 Å². The number of hydrogen-bond acceptors (Lipinski definition) is 3. The van der Waals surface area contributed by atoms with Crippen molar-refractivity contribution in [2.45, 2.75) is 32.8 Å². The Hall–Kier alpha value is -0.570. The average Bonchev–Trinajstić information content (AvgIpc) is 2.04. The third-order valence-electron chi connectivity index (χ3n) is 1.45. The van der Waals surface area contributed by atoms with Crippen LogP contribution in [0.15, 0.2) is 0 Å². The van der Waals surface area contributed by atoms with Gasteiger partial charge in [-0.3, -0.25) is 4.79 Å². The molecule has 1 atom stereocenters. The van der Waals surface area contributed by atoms with Gasteiger partial charge in [-0.05, 0) is 13.3 Å². The first-order chi connectivity index (χ1) is 5.31. The maximum absolute atomic E-state index is 9.70. The first kappa shape index (κ1) is 10.4. The lowest BCUT2D eigenvalue weighted by molar-refractivity contribution is -0.129. The molecule has 0 aliphatic heterocycles. The van der Waals surface area contributed by atoms with Gasteiger partial charge in [0.15, 0.2) is 0 Å². The van der Waals surface area contributed by atoms with Gasteiger partial charge in [0, 0.05) is 6.42 Å². The van der Waals surface area contributed by atoms with Crippen molar-refractivity contribution in [1.82, 2.24) is 0 Å². The van der Waals surface area contributed by atoms with Gasteiger partial charge in [-0.15, -0.1) is 0 Å². The van der Waals surface area contributed by atoms with E-state index in [4.69, 9.17) is 4.74 Å². The van der Waals surface area contributed by atoms with Crippen LogP contribution in [0, 0.1) is 0 Å². The fraction of sp³-hybridized carbons (Fsp3) is 0.875. The van der Waals surface area contributed by atoms with Gasteiger partial charge < -0.3 is 9.47 Å². The molecule has 11 heavy (non-hydrogen) atoms. The quantitative estimate of drug-likeness (QED) is 0.416. The molecule has 0 aromatic heterocycles. The summed E-state index contributed by atoms with van der Waals surface area (Å²) in [5.41, 5.74) is 0. The van der Waals surface area contributed by atoms with Crippen molar-refractivity contribution >= 4 is 6.47 Å². The number of rotatable bonds is 7. The molecule has 66 valence electrons.